The van der Waals surface area contributed by atoms with Crippen LogP contribution in [0.25, 0.3) is 0 Å². The van der Waals surface area contributed by atoms with E-state index in [2.05, 4.69) is 27.1 Å². The Bertz CT molecular complexity index is 712. The van der Waals surface area contributed by atoms with Crippen LogP contribution in [-0.2, 0) is 11.2 Å². The van der Waals surface area contributed by atoms with Crippen molar-refractivity contribution in [1.82, 2.24) is 9.88 Å². The van der Waals surface area contributed by atoms with Gasteiger partial charge in [-0.2, -0.15) is 0 Å². The van der Waals surface area contributed by atoms with Gasteiger partial charge in [-0.15, -0.1) is 0 Å². The molecule has 1 aromatic carbocycles. The highest BCUT2D eigenvalue weighted by molar-refractivity contribution is 6.30. The van der Waals surface area contributed by atoms with Crippen LogP contribution in [0, 0.1) is 0 Å². The van der Waals surface area contributed by atoms with Crippen molar-refractivity contribution < 1.29 is 4.79 Å². The molecule has 1 aromatic heterocycles. The van der Waals surface area contributed by atoms with E-state index in [4.69, 9.17) is 11.6 Å². The molecule has 1 fully saturated rings. The summed E-state index contributed by atoms with van der Waals surface area (Å²) in [6, 6.07) is 11.5. The van der Waals surface area contributed by atoms with Gasteiger partial charge in [-0.25, -0.2) is 4.98 Å². The first kappa shape index (κ1) is 17.7. The number of anilines is 2. The Balaban J connectivity index is 1.50. The van der Waals surface area contributed by atoms with Crippen LogP contribution < -0.4 is 10.2 Å². The molecule has 0 bridgehead atoms. The van der Waals surface area contributed by atoms with Crippen LogP contribution in [0.3, 0.4) is 0 Å². The lowest BCUT2D eigenvalue weighted by molar-refractivity contribution is -0.116. The number of amides is 1. The molecule has 3 rings (SSSR count). The van der Waals surface area contributed by atoms with E-state index in [0.29, 0.717) is 17.9 Å². The van der Waals surface area contributed by atoms with Gasteiger partial charge in [0.25, 0.3) is 0 Å². The number of benzene rings is 1. The summed E-state index contributed by atoms with van der Waals surface area (Å²) in [5.74, 6) is 0.944. The molecule has 6 heteroatoms. The van der Waals surface area contributed by atoms with E-state index in [1.807, 2.05) is 36.4 Å². The van der Waals surface area contributed by atoms with E-state index in [9.17, 15) is 4.79 Å². The molecule has 1 aliphatic rings. The molecular formula is C19H23ClN4O. The topological polar surface area (TPSA) is 48.5 Å². The molecule has 2 heterocycles. The maximum atomic E-state index is 12.1. The number of pyridine rings is 1. The molecule has 0 unspecified atom stereocenters. The van der Waals surface area contributed by atoms with E-state index < -0.39 is 0 Å². The predicted molar refractivity (Wildman–Crippen MR) is 102 cm³/mol. The minimum Gasteiger partial charge on any atom is -0.354 e. The summed E-state index contributed by atoms with van der Waals surface area (Å²) < 4.78 is 0. The van der Waals surface area contributed by atoms with Crippen LogP contribution >= 0.6 is 11.6 Å². The fourth-order valence-electron chi connectivity index (χ4n) is 2.86. The SMILES string of the molecule is CN1CCN(c2ccc(NC(=O)CCc3cccc(Cl)c3)cn2)CC1. The minimum absolute atomic E-state index is 0.0193. The molecule has 1 amide bonds. The molecule has 0 spiro atoms. The average Bonchev–Trinajstić information content (AvgIpc) is 2.62. The standard InChI is InChI=1S/C19H23ClN4O/c1-23-9-11-24(12-10-23)18-7-6-17(14-21-18)22-19(25)8-5-15-3-2-4-16(20)13-15/h2-4,6-7,13-14H,5,8-12H2,1H3,(H,22,25). The van der Waals surface area contributed by atoms with Crippen molar-refractivity contribution >= 4 is 29.0 Å². The summed E-state index contributed by atoms with van der Waals surface area (Å²) in [6.45, 7) is 4.05. The first-order valence-corrected chi connectivity index (χ1v) is 8.92. The van der Waals surface area contributed by atoms with Crippen molar-refractivity contribution in [2.24, 2.45) is 0 Å². The smallest absolute Gasteiger partial charge is 0.224 e. The number of nitrogens with zero attached hydrogens (tertiary/aromatic N) is 3. The number of hydrogen-bond acceptors (Lipinski definition) is 4. The molecule has 0 saturated carbocycles. The summed E-state index contributed by atoms with van der Waals surface area (Å²) in [6.07, 6.45) is 2.81. The van der Waals surface area contributed by atoms with E-state index in [1.165, 1.54) is 0 Å². The van der Waals surface area contributed by atoms with Crippen molar-refractivity contribution in [2.45, 2.75) is 12.8 Å². The van der Waals surface area contributed by atoms with Gasteiger partial charge in [0, 0.05) is 37.6 Å². The number of aryl methyl sites for hydroxylation is 1. The van der Waals surface area contributed by atoms with Crippen molar-refractivity contribution in [2.75, 3.05) is 43.4 Å². The second kappa shape index (κ2) is 8.32. The van der Waals surface area contributed by atoms with Crippen LogP contribution in [0.5, 0.6) is 0 Å². The second-order valence-corrected chi connectivity index (χ2v) is 6.81. The normalized spacial score (nSPS) is 15.2. The quantitative estimate of drug-likeness (QED) is 0.892. The van der Waals surface area contributed by atoms with Gasteiger partial charge in [-0.3, -0.25) is 4.79 Å². The van der Waals surface area contributed by atoms with Gasteiger partial charge in [0.05, 0.1) is 11.9 Å². The molecule has 132 valence electrons. The fourth-order valence-corrected chi connectivity index (χ4v) is 3.07. The van der Waals surface area contributed by atoms with Gasteiger partial charge in [0.2, 0.25) is 5.91 Å². The third-order valence-corrected chi connectivity index (χ3v) is 4.62. The summed E-state index contributed by atoms with van der Waals surface area (Å²) in [4.78, 5) is 21.2. The number of carbonyl (C=O) groups excluding carboxylic acids is 1. The predicted octanol–water partition coefficient (Wildman–Crippen LogP) is 3.06. The van der Waals surface area contributed by atoms with Crippen LogP contribution in [0.2, 0.25) is 5.02 Å². The highest BCUT2D eigenvalue weighted by Crippen LogP contribution is 2.17. The third kappa shape index (κ3) is 5.18. The molecule has 0 atom stereocenters. The molecule has 2 aromatic rings. The van der Waals surface area contributed by atoms with Gasteiger partial charge < -0.3 is 15.1 Å². The average molecular weight is 359 g/mol. The molecule has 1 aliphatic heterocycles. The lowest BCUT2D eigenvalue weighted by Crippen LogP contribution is -2.44. The van der Waals surface area contributed by atoms with Crippen molar-refractivity contribution in [3.8, 4) is 0 Å². The van der Waals surface area contributed by atoms with Gasteiger partial charge in [-0.05, 0) is 43.3 Å². The van der Waals surface area contributed by atoms with Crippen LogP contribution in [0.1, 0.15) is 12.0 Å². The molecule has 0 aliphatic carbocycles. The van der Waals surface area contributed by atoms with Crippen LogP contribution in [-0.4, -0.2) is 49.0 Å². The van der Waals surface area contributed by atoms with Crippen molar-refractivity contribution in [1.29, 1.82) is 0 Å². The molecule has 25 heavy (non-hydrogen) atoms. The molecule has 0 radical (unpaired) electrons. The highest BCUT2D eigenvalue weighted by Gasteiger charge is 2.15. The molecule has 1 N–H and O–H groups in total. The Kier molecular flexibility index (Phi) is 5.89. The van der Waals surface area contributed by atoms with Gasteiger partial charge in [0.15, 0.2) is 0 Å². The Morgan fingerprint density at radius 3 is 2.68 bits per heavy atom. The van der Waals surface area contributed by atoms with Gasteiger partial charge in [0.1, 0.15) is 5.82 Å². The number of hydrogen-bond donors (Lipinski definition) is 1. The molecule has 1 saturated heterocycles. The Morgan fingerprint density at radius 1 is 1.20 bits per heavy atom. The lowest BCUT2D eigenvalue weighted by atomic mass is 10.1. The van der Waals surface area contributed by atoms with Crippen molar-refractivity contribution in [3.05, 3.63) is 53.2 Å². The van der Waals surface area contributed by atoms with E-state index in [0.717, 1.165) is 43.2 Å². The zero-order valence-electron chi connectivity index (χ0n) is 14.4. The third-order valence-electron chi connectivity index (χ3n) is 4.39. The van der Waals surface area contributed by atoms with Gasteiger partial charge in [-0.1, -0.05) is 23.7 Å². The van der Waals surface area contributed by atoms with Gasteiger partial charge >= 0.3 is 0 Å². The second-order valence-electron chi connectivity index (χ2n) is 6.37. The maximum absolute atomic E-state index is 12.1. The van der Waals surface area contributed by atoms with E-state index in [-0.39, 0.29) is 5.91 Å². The first-order valence-electron chi connectivity index (χ1n) is 8.54. The number of piperazine rings is 1. The first-order chi connectivity index (χ1) is 12.1. The summed E-state index contributed by atoms with van der Waals surface area (Å²) in [5.41, 5.74) is 1.79. The van der Waals surface area contributed by atoms with Crippen molar-refractivity contribution in [3.63, 3.8) is 0 Å². The number of nitrogens with one attached hydrogen (secondary N) is 1. The van der Waals surface area contributed by atoms with E-state index >= 15 is 0 Å². The zero-order chi connectivity index (χ0) is 17.6. The monoisotopic (exact) mass is 358 g/mol. The van der Waals surface area contributed by atoms with Crippen LogP contribution in [0.15, 0.2) is 42.6 Å². The summed E-state index contributed by atoms with van der Waals surface area (Å²) in [7, 11) is 2.13. The zero-order valence-corrected chi connectivity index (χ0v) is 15.2. The number of aromatic nitrogens is 1. The summed E-state index contributed by atoms with van der Waals surface area (Å²) >= 11 is 5.96. The number of halogens is 1. The number of carbonyl (C=O) groups is 1. The van der Waals surface area contributed by atoms with E-state index in [1.54, 1.807) is 6.20 Å². The number of rotatable bonds is 5. The minimum atomic E-state index is -0.0193. The maximum Gasteiger partial charge on any atom is 0.224 e. The molecular weight excluding hydrogens is 336 g/mol. The molecule has 5 nitrogen and oxygen atoms in total. The Labute approximate surface area is 153 Å². The number of likely N-dealkylation sites (N-methyl/N-ethyl adjacent to an activating group) is 1. The Hall–Kier alpha value is -2.11. The lowest BCUT2D eigenvalue weighted by Gasteiger charge is -2.33. The fraction of sp³-hybridized carbons (Fsp3) is 0.368. The summed E-state index contributed by atoms with van der Waals surface area (Å²) in [5, 5.41) is 3.60. The largest absolute Gasteiger partial charge is 0.354 e. The Morgan fingerprint density at radius 2 is 2.00 bits per heavy atom. The highest BCUT2D eigenvalue weighted by atomic mass is 35.5. The van der Waals surface area contributed by atoms with Crippen LogP contribution in [0.4, 0.5) is 11.5 Å².